The molecule has 1 aliphatic carbocycles. The van der Waals surface area contributed by atoms with Crippen LogP contribution in [-0.4, -0.2) is 44.2 Å². The van der Waals surface area contributed by atoms with E-state index in [2.05, 4.69) is 44.8 Å². The van der Waals surface area contributed by atoms with Crippen molar-refractivity contribution in [3.8, 4) is 5.75 Å². The minimum atomic E-state index is 0.0162. The van der Waals surface area contributed by atoms with Crippen molar-refractivity contribution in [2.45, 2.75) is 32.7 Å². The van der Waals surface area contributed by atoms with Gasteiger partial charge in [0, 0.05) is 50.4 Å². The van der Waals surface area contributed by atoms with E-state index in [0.717, 1.165) is 48.4 Å². The lowest BCUT2D eigenvalue weighted by Gasteiger charge is -2.40. The summed E-state index contributed by atoms with van der Waals surface area (Å²) < 4.78 is 19.8. The van der Waals surface area contributed by atoms with Gasteiger partial charge in [0.25, 0.3) is 0 Å². The molecule has 1 atom stereocenters. The van der Waals surface area contributed by atoms with Crippen LogP contribution in [0.5, 0.6) is 5.75 Å². The maximum absolute atomic E-state index is 13.4. The lowest BCUT2D eigenvalue weighted by molar-refractivity contribution is 0.215. The molecule has 2 aliphatic rings. The second-order valence-corrected chi connectivity index (χ2v) is 7.67. The third-order valence-corrected chi connectivity index (χ3v) is 6.03. The lowest BCUT2D eigenvalue weighted by atomic mass is 9.91. The van der Waals surface area contributed by atoms with E-state index in [1.165, 1.54) is 11.3 Å². The summed E-state index contributed by atoms with van der Waals surface area (Å²) in [6.45, 7) is 8.31. The minimum Gasteiger partial charge on any atom is -0.495 e. The van der Waals surface area contributed by atoms with Crippen LogP contribution in [-0.2, 0) is 0 Å². The van der Waals surface area contributed by atoms with Gasteiger partial charge in [0.05, 0.1) is 11.6 Å². The molecule has 1 heterocycles. The first kappa shape index (κ1) is 18.5. The van der Waals surface area contributed by atoms with Gasteiger partial charge in [0.1, 0.15) is 11.6 Å². The summed E-state index contributed by atoms with van der Waals surface area (Å²) in [5, 5.41) is 0. The average Bonchev–Trinajstić information content (AvgIpc) is 2.62. The molecule has 0 radical (unpaired) electrons. The number of ether oxygens (including phenoxy) is 1. The van der Waals surface area contributed by atoms with Crippen LogP contribution in [0, 0.1) is 0 Å². The fourth-order valence-corrected chi connectivity index (χ4v) is 4.23. The first-order valence-corrected chi connectivity index (χ1v) is 9.67. The highest BCUT2D eigenvalue weighted by atomic mass is 79.9. The fourth-order valence-electron chi connectivity index (χ4n) is 3.82. The smallest absolute Gasteiger partial charge is 0.135 e. The number of hydrogen-bond donors (Lipinski definition) is 0. The van der Waals surface area contributed by atoms with Crippen LogP contribution in [0.15, 0.2) is 45.7 Å². The quantitative estimate of drug-likeness (QED) is 0.701. The average molecular weight is 409 g/mol. The fraction of sp³-hybridized carbons (Fsp3) is 0.500. The van der Waals surface area contributed by atoms with E-state index in [4.69, 9.17) is 4.74 Å². The number of anilines is 1. The predicted molar refractivity (Wildman–Crippen MR) is 105 cm³/mol. The zero-order valence-electron chi connectivity index (χ0n) is 15.2. The molecule has 25 heavy (non-hydrogen) atoms. The summed E-state index contributed by atoms with van der Waals surface area (Å²) >= 11 is 3.51. The molecule has 1 aromatic carbocycles. The molecule has 0 amide bonds. The summed E-state index contributed by atoms with van der Waals surface area (Å²) in [5.41, 5.74) is 3.70. The van der Waals surface area contributed by atoms with Crippen LogP contribution < -0.4 is 9.64 Å². The number of methoxy groups -OCH3 is 1. The van der Waals surface area contributed by atoms with Gasteiger partial charge in [0.15, 0.2) is 0 Å². The van der Waals surface area contributed by atoms with E-state index in [1.807, 2.05) is 13.0 Å². The Bertz CT molecular complexity index is 693. The molecule has 5 heteroatoms. The van der Waals surface area contributed by atoms with Crippen LogP contribution in [0.3, 0.4) is 0 Å². The van der Waals surface area contributed by atoms with Gasteiger partial charge in [-0.2, -0.15) is 0 Å². The first-order valence-electron chi connectivity index (χ1n) is 8.88. The molecule has 0 spiro atoms. The highest BCUT2D eigenvalue weighted by Gasteiger charge is 2.25. The predicted octanol–water partition coefficient (Wildman–Crippen LogP) is 4.93. The Balaban J connectivity index is 1.65. The van der Waals surface area contributed by atoms with E-state index in [1.54, 1.807) is 13.2 Å². The summed E-state index contributed by atoms with van der Waals surface area (Å²) in [4.78, 5) is 4.92. The Labute approximate surface area is 158 Å². The number of rotatable bonds is 4. The Kier molecular flexibility index (Phi) is 5.85. The molecule has 3 nitrogen and oxygen atoms in total. The number of nitrogens with zero attached hydrogens (tertiary/aromatic N) is 2. The second-order valence-electron chi connectivity index (χ2n) is 6.82. The molecule has 0 N–H and O–H groups in total. The molecule has 1 fully saturated rings. The third-order valence-electron chi connectivity index (χ3n) is 5.38. The van der Waals surface area contributed by atoms with Gasteiger partial charge in [-0.3, -0.25) is 4.90 Å². The number of benzene rings is 1. The van der Waals surface area contributed by atoms with Gasteiger partial charge in [-0.15, -0.1) is 0 Å². The van der Waals surface area contributed by atoms with Crippen LogP contribution in [0.25, 0.3) is 0 Å². The summed E-state index contributed by atoms with van der Waals surface area (Å²) in [7, 11) is 1.70. The Hall–Kier alpha value is -1.33. The maximum atomic E-state index is 13.4. The van der Waals surface area contributed by atoms with Crippen molar-refractivity contribution in [3.63, 3.8) is 0 Å². The van der Waals surface area contributed by atoms with Gasteiger partial charge < -0.3 is 9.64 Å². The van der Waals surface area contributed by atoms with Crippen molar-refractivity contribution < 1.29 is 9.13 Å². The summed E-state index contributed by atoms with van der Waals surface area (Å²) in [5.74, 6) is 0.882. The molecular weight excluding hydrogens is 383 g/mol. The maximum Gasteiger partial charge on any atom is 0.135 e. The lowest BCUT2D eigenvalue weighted by Crippen LogP contribution is -2.50. The highest BCUT2D eigenvalue weighted by molar-refractivity contribution is 9.10. The number of piperazine rings is 1. The van der Waals surface area contributed by atoms with Gasteiger partial charge in [-0.05, 0) is 65.6 Å². The van der Waals surface area contributed by atoms with Crippen molar-refractivity contribution in [3.05, 3.63) is 45.7 Å². The SMILES string of the molecule is COc1cc(N2CCN(C(C)C3=C(C)C=C(F)CC3)CC2)ccc1Br. The number of allylic oxidation sites excluding steroid dienone is 3. The van der Waals surface area contributed by atoms with Crippen LogP contribution in [0.1, 0.15) is 26.7 Å². The molecule has 1 aliphatic heterocycles. The molecule has 136 valence electrons. The van der Waals surface area contributed by atoms with Crippen molar-refractivity contribution >= 4 is 21.6 Å². The molecule has 1 aromatic rings. The Morgan fingerprint density at radius 2 is 1.88 bits per heavy atom. The zero-order chi connectivity index (χ0) is 18.0. The van der Waals surface area contributed by atoms with Gasteiger partial charge >= 0.3 is 0 Å². The van der Waals surface area contributed by atoms with Gasteiger partial charge in [-0.25, -0.2) is 4.39 Å². The van der Waals surface area contributed by atoms with E-state index in [0.29, 0.717) is 12.5 Å². The van der Waals surface area contributed by atoms with E-state index in [-0.39, 0.29) is 5.83 Å². The number of halogens is 2. The van der Waals surface area contributed by atoms with Crippen molar-refractivity contribution in [2.24, 2.45) is 0 Å². The van der Waals surface area contributed by atoms with E-state index in [9.17, 15) is 4.39 Å². The largest absolute Gasteiger partial charge is 0.495 e. The highest BCUT2D eigenvalue weighted by Crippen LogP contribution is 2.32. The zero-order valence-corrected chi connectivity index (χ0v) is 16.8. The molecular formula is C20H26BrFN2O. The molecule has 3 rings (SSSR count). The minimum absolute atomic E-state index is 0.0162. The van der Waals surface area contributed by atoms with Gasteiger partial charge in [-0.1, -0.05) is 0 Å². The first-order chi connectivity index (χ1) is 12.0. The molecule has 0 bridgehead atoms. The molecule has 0 saturated carbocycles. The Morgan fingerprint density at radius 3 is 2.52 bits per heavy atom. The summed E-state index contributed by atoms with van der Waals surface area (Å²) in [6, 6.07) is 6.64. The normalized spacial score (nSPS) is 20.5. The van der Waals surface area contributed by atoms with E-state index >= 15 is 0 Å². The van der Waals surface area contributed by atoms with Crippen LogP contribution in [0.4, 0.5) is 10.1 Å². The topological polar surface area (TPSA) is 15.7 Å². The second kappa shape index (κ2) is 7.92. The van der Waals surface area contributed by atoms with Crippen molar-refractivity contribution in [2.75, 3.05) is 38.2 Å². The van der Waals surface area contributed by atoms with Gasteiger partial charge in [0.2, 0.25) is 0 Å². The number of hydrogen-bond acceptors (Lipinski definition) is 3. The van der Waals surface area contributed by atoms with Crippen molar-refractivity contribution in [1.82, 2.24) is 4.90 Å². The van der Waals surface area contributed by atoms with Crippen LogP contribution >= 0.6 is 15.9 Å². The summed E-state index contributed by atoms with van der Waals surface area (Å²) in [6.07, 6.45) is 3.11. The van der Waals surface area contributed by atoms with Crippen molar-refractivity contribution in [1.29, 1.82) is 0 Å². The molecule has 1 unspecified atom stereocenters. The third kappa shape index (κ3) is 4.09. The molecule has 0 aromatic heterocycles. The van der Waals surface area contributed by atoms with E-state index < -0.39 is 0 Å². The standard InChI is InChI=1S/C20H26BrFN2O/c1-14-12-16(22)4-6-18(14)15(2)23-8-10-24(11-9-23)17-5-7-19(21)20(13-17)25-3/h5,7,12-13,15H,4,6,8-11H2,1-3H3. The molecule has 1 saturated heterocycles. The Morgan fingerprint density at radius 1 is 1.16 bits per heavy atom. The van der Waals surface area contributed by atoms with Crippen LogP contribution in [0.2, 0.25) is 0 Å². The monoisotopic (exact) mass is 408 g/mol.